The zero-order valence-corrected chi connectivity index (χ0v) is 12.3. The smallest absolute Gasteiger partial charge is 0.261 e. The second kappa shape index (κ2) is 8.45. The number of aromatic nitrogens is 2. The molecule has 3 heteroatoms. The van der Waals surface area contributed by atoms with Gasteiger partial charge in [-0.05, 0) is 26.0 Å². The first kappa shape index (κ1) is 16.4. The van der Waals surface area contributed by atoms with Crippen LogP contribution in [-0.4, -0.2) is 9.55 Å². The molecule has 0 fully saturated rings. The third-order valence-corrected chi connectivity index (χ3v) is 2.37. The van der Waals surface area contributed by atoms with Crippen LogP contribution in [0.5, 0.6) is 0 Å². The van der Waals surface area contributed by atoms with Crippen molar-refractivity contribution >= 4 is 10.9 Å². The van der Waals surface area contributed by atoms with Gasteiger partial charge in [0.25, 0.3) is 5.56 Å². The summed E-state index contributed by atoms with van der Waals surface area (Å²) in [6.45, 7) is 12.5. The Morgan fingerprint density at radius 1 is 1.11 bits per heavy atom. The maximum Gasteiger partial charge on any atom is 0.261 e. The molecule has 1 heterocycles. The van der Waals surface area contributed by atoms with Gasteiger partial charge in [-0.3, -0.25) is 9.36 Å². The molecule has 0 atom stereocenters. The fraction of sp³-hybridized carbons (Fsp3) is 0.467. The van der Waals surface area contributed by atoms with Gasteiger partial charge < -0.3 is 0 Å². The molecule has 0 unspecified atom stereocenters. The highest BCUT2D eigenvalue weighted by Crippen LogP contribution is 2.06. The summed E-state index contributed by atoms with van der Waals surface area (Å²) < 4.78 is 1.68. The average Bonchev–Trinajstić information content (AvgIpc) is 2.44. The lowest BCUT2D eigenvalue weighted by Crippen LogP contribution is -2.22. The largest absolute Gasteiger partial charge is 0.297 e. The van der Waals surface area contributed by atoms with Gasteiger partial charge in [0.15, 0.2) is 0 Å². The molecular weight excluding hydrogens is 224 g/mol. The third kappa shape index (κ3) is 3.42. The van der Waals surface area contributed by atoms with E-state index in [2.05, 4.69) is 4.98 Å². The maximum absolute atomic E-state index is 11.9. The fourth-order valence-corrected chi connectivity index (χ4v) is 1.65. The van der Waals surface area contributed by atoms with Crippen LogP contribution in [0.1, 0.15) is 40.4 Å². The minimum absolute atomic E-state index is 0.0515. The van der Waals surface area contributed by atoms with Crippen molar-refractivity contribution in [1.82, 2.24) is 9.55 Å². The first-order valence-corrected chi connectivity index (χ1v) is 6.70. The summed E-state index contributed by atoms with van der Waals surface area (Å²) >= 11 is 0. The standard InChI is InChI=1S/C11H12N2O.2C2H6/c1-3-13-8(2)12-10-7-5-4-6-9(10)11(13)14;2*1-2/h4-7H,3H2,1-2H3;2*1-2H3. The summed E-state index contributed by atoms with van der Waals surface area (Å²) in [5.74, 6) is 0.774. The van der Waals surface area contributed by atoms with E-state index in [0.717, 1.165) is 11.3 Å². The zero-order chi connectivity index (χ0) is 14.1. The SMILES string of the molecule is CC.CC.CCn1c(C)nc2ccccc2c1=O. The quantitative estimate of drug-likeness (QED) is 0.770. The summed E-state index contributed by atoms with van der Waals surface area (Å²) in [7, 11) is 0. The van der Waals surface area contributed by atoms with Crippen LogP contribution >= 0.6 is 0 Å². The highest BCUT2D eigenvalue weighted by atomic mass is 16.1. The van der Waals surface area contributed by atoms with E-state index in [4.69, 9.17) is 0 Å². The van der Waals surface area contributed by atoms with E-state index >= 15 is 0 Å². The predicted molar refractivity (Wildman–Crippen MR) is 79.1 cm³/mol. The van der Waals surface area contributed by atoms with Crippen molar-refractivity contribution in [1.29, 1.82) is 0 Å². The Kier molecular flexibility index (Phi) is 7.68. The van der Waals surface area contributed by atoms with E-state index in [1.54, 1.807) is 4.57 Å². The molecule has 0 saturated heterocycles. The van der Waals surface area contributed by atoms with Gasteiger partial charge >= 0.3 is 0 Å². The molecule has 0 radical (unpaired) electrons. The molecule has 2 aromatic rings. The van der Waals surface area contributed by atoms with Gasteiger partial charge in [-0.1, -0.05) is 39.8 Å². The Morgan fingerprint density at radius 3 is 2.22 bits per heavy atom. The number of hydrogen-bond donors (Lipinski definition) is 0. The van der Waals surface area contributed by atoms with Crippen molar-refractivity contribution in [2.45, 2.75) is 48.1 Å². The van der Waals surface area contributed by atoms with Crippen LogP contribution in [-0.2, 0) is 6.54 Å². The minimum atomic E-state index is 0.0515. The summed E-state index contributed by atoms with van der Waals surface area (Å²) in [5, 5.41) is 0.694. The lowest BCUT2D eigenvalue weighted by molar-refractivity contribution is 0.685. The molecule has 0 aliphatic rings. The van der Waals surface area contributed by atoms with Crippen LogP contribution in [0.3, 0.4) is 0 Å². The second-order valence-electron chi connectivity index (χ2n) is 3.23. The van der Waals surface area contributed by atoms with Gasteiger partial charge in [0.05, 0.1) is 10.9 Å². The molecule has 0 aliphatic carbocycles. The van der Waals surface area contributed by atoms with Gasteiger partial charge in [0.2, 0.25) is 0 Å². The van der Waals surface area contributed by atoms with Crippen molar-refractivity contribution in [3.8, 4) is 0 Å². The first-order valence-electron chi connectivity index (χ1n) is 6.70. The molecule has 0 N–H and O–H groups in total. The average molecular weight is 248 g/mol. The first-order chi connectivity index (χ1) is 8.74. The zero-order valence-electron chi connectivity index (χ0n) is 12.3. The Bertz CT molecular complexity index is 529. The normalized spacial score (nSPS) is 9.00. The number of aryl methyl sites for hydroxylation is 1. The lowest BCUT2D eigenvalue weighted by Gasteiger charge is -2.07. The third-order valence-electron chi connectivity index (χ3n) is 2.37. The lowest BCUT2D eigenvalue weighted by atomic mass is 10.2. The number of nitrogens with zero attached hydrogens (tertiary/aromatic N) is 2. The van der Waals surface area contributed by atoms with Gasteiger partial charge in [-0.25, -0.2) is 4.98 Å². The van der Waals surface area contributed by atoms with E-state index in [1.165, 1.54) is 0 Å². The van der Waals surface area contributed by atoms with E-state index in [0.29, 0.717) is 11.9 Å². The van der Waals surface area contributed by atoms with Crippen LogP contribution in [0.2, 0.25) is 0 Å². The van der Waals surface area contributed by atoms with Crippen LogP contribution in [0, 0.1) is 6.92 Å². The topological polar surface area (TPSA) is 34.9 Å². The molecule has 0 bridgehead atoms. The fourth-order valence-electron chi connectivity index (χ4n) is 1.65. The highest BCUT2D eigenvalue weighted by molar-refractivity contribution is 5.77. The second-order valence-corrected chi connectivity index (χ2v) is 3.23. The molecular formula is C15H24N2O. The molecule has 3 nitrogen and oxygen atoms in total. The monoisotopic (exact) mass is 248 g/mol. The Hall–Kier alpha value is -1.64. The number of benzene rings is 1. The highest BCUT2D eigenvalue weighted by Gasteiger charge is 2.04. The summed E-state index contributed by atoms with van der Waals surface area (Å²) in [5.41, 5.74) is 0.829. The number of rotatable bonds is 1. The molecule has 0 spiro atoms. The van der Waals surface area contributed by atoms with Gasteiger partial charge in [0, 0.05) is 6.54 Å². The van der Waals surface area contributed by atoms with Gasteiger partial charge in [-0.15, -0.1) is 0 Å². The van der Waals surface area contributed by atoms with Crippen LogP contribution in [0.15, 0.2) is 29.1 Å². The van der Waals surface area contributed by atoms with Crippen molar-refractivity contribution in [3.05, 3.63) is 40.4 Å². The molecule has 0 saturated carbocycles. The van der Waals surface area contributed by atoms with Crippen molar-refractivity contribution < 1.29 is 0 Å². The Balaban J connectivity index is 0.000000659. The van der Waals surface area contributed by atoms with Gasteiger partial charge in [0.1, 0.15) is 5.82 Å². The minimum Gasteiger partial charge on any atom is -0.297 e. The maximum atomic E-state index is 11.9. The number of para-hydroxylation sites is 1. The summed E-state index contributed by atoms with van der Waals surface area (Å²) in [6.07, 6.45) is 0. The van der Waals surface area contributed by atoms with Crippen molar-refractivity contribution in [2.75, 3.05) is 0 Å². The van der Waals surface area contributed by atoms with Crippen LogP contribution in [0.25, 0.3) is 10.9 Å². The number of fused-ring (bicyclic) bond motifs is 1. The van der Waals surface area contributed by atoms with Gasteiger partial charge in [-0.2, -0.15) is 0 Å². The van der Waals surface area contributed by atoms with Crippen LogP contribution < -0.4 is 5.56 Å². The summed E-state index contributed by atoms with van der Waals surface area (Å²) in [4.78, 5) is 16.3. The van der Waals surface area contributed by atoms with E-state index in [1.807, 2.05) is 65.8 Å². The molecule has 0 amide bonds. The molecule has 100 valence electrons. The van der Waals surface area contributed by atoms with Crippen molar-refractivity contribution in [2.24, 2.45) is 0 Å². The van der Waals surface area contributed by atoms with Crippen LogP contribution in [0.4, 0.5) is 0 Å². The molecule has 18 heavy (non-hydrogen) atoms. The molecule has 1 aromatic carbocycles. The molecule has 1 aromatic heterocycles. The van der Waals surface area contributed by atoms with E-state index in [9.17, 15) is 4.79 Å². The Labute approximate surface area is 109 Å². The predicted octanol–water partition coefficient (Wildman–Crippen LogP) is 3.78. The Morgan fingerprint density at radius 2 is 1.67 bits per heavy atom. The number of hydrogen-bond acceptors (Lipinski definition) is 2. The van der Waals surface area contributed by atoms with Crippen molar-refractivity contribution in [3.63, 3.8) is 0 Å². The van der Waals surface area contributed by atoms with E-state index < -0.39 is 0 Å². The molecule has 0 aliphatic heterocycles. The van der Waals surface area contributed by atoms with E-state index in [-0.39, 0.29) is 5.56 Å². The summed E-state index contributed by atoms with van der Waals surface area (Å²) in [6, 6.07) is 7.44. The molecule has 2 rings (SSSR count).